The van der Waals surface area contributed by atoms with Crippen molar-refractivity contribution in [2.24, 2.45) is 0 Å². The molecule has 2 heterocycles. The summed E-state index contributed by atoms with van der Waals surface area (Å²) in [7, 11) is 0. The highest BCUT2D eigenvalue weighted by molar-refractivity contribution is 7.26. The molecule has 0 fully saturated rings. The van der Waals surface area contributed by atoms with Crippen molar-refractivity contribution in [2.45, 2.75) is 0 Å². The fraction of sp³-hybridized carbons (Fsp3) is 0. The highest BCUT2D eigenvalue weighted by atomic mass is 32.1. The average molecular weight is 719 g/mol. The van der Waals surface area contributed by atoms with Crippen LogP contribution in [0.2, 0.25) is 0 Å². The van der Waals surface area contributed by atoms with Gasteiger partial charge in [0.25, 0.3) is 0 Å². The zero-order valence-electron chi connectivity index (χ0n) is 29.9. The van der Waals surface area contributed by atoms with Gasteiger partial charge in [0.15, 0.2) is 5.82 Å². The first-order valence-electron chi connectivity index (χ1n) is 18.6. The van der Waals surface area contributed by atoms with Crippen molar-refractivity contribution in [3.05, 3.63) is 206 Å². The molecular formula is C52H34N2S. The molecule has 0 aliphatic heterocycles. The van der Waals surface area contributed by atoms with E-state index in [0.29, 0.717) is 5.82 Å². The van der Waals surface area contributed by atoms with Crippen LogP contribution >= 0.6 is 11.3 Å². The fourth-order valence-electron chi connectivity index (χ4n) is 7.60. The third kappa shape index (κ3) is 6.31. The molecular weight excluding hydrogens is 685 g/mol. The molecule has 3 heteroatoms. The van der Waals surface area contributed by atoms with Gasteiger partial charge in [-0.15, -0.1) is 11.3 Å². The van der Waals surface area contributed by atoms with Crippen LogP contribution in [-0.2, 0) is 0 Å². The third-order valence-corrected chi connectivity index (χ3v) is 11.5. The van der Waals surface area contributed by atoms with Crippen molar-refractivity contribution in [1.29, 1.82) is 0 Å². The topological polar surface area (TPSA) is 25.8 Å². The minimum atomic E-state index is 0.695. The lowest BCUT2D eigenvalue weighted by molar-refractivity contribution is 1.18. The van der Waals surface area contributed by atoms with E-state index in [1.807, 2.05) is 17.4 Å². The summed E-state index contributed by atoms with van der Waals surface area (Å²) >= 11 is 1.86. The second-order valence-corrected chi connectivity index (χ2v) is 14.8. The molecule has 55 heavy (non-hydrogen) atoms. The van der Waals surface area contributed by atoms with E-state index in [4.69, 9.17) is 9.97 Å². The highest BCUT2D eigenvalue weighted by Gasteiger charge is 2.18. The Kier molecular flexibility index (Phi) is 8.40. The van der Waals surface area contributed by atoms with Gasteiger partial charge in [-0.25, -0.2) is 9.97 Å². The monoisotopic (exact) mass is 718 g/mol. The molecule has 0 radical (unpaired) electrons. The van der Waals surface area contributed by atoms with Crippen molar-refractivity contribution in [1.82, 2.24) is 9.97 Å². The minimum Gasteiger partial charge on any atom is -0.228 e. The summed E-state index contributed by atoms with van der Waals surface area (Å²) < 4.78 is 2.58. The van der Waals surface area contributed by atoms with Gasteiger partial charge in [-0.05, 0) is 80.9 Å². The van der Waals surface area contributed by atoms with E-state index in [2.05, 4.69) is 200 Å². The molecule has 0 aliphatic rings. The molecule has 0 spiro atoms. The predicted molar refractivity (Wildman–Crippen MR) is 233 cm³/mol. The first kappa shape index (κ1) is 32.7. The summed E-state index contributed by atoms with van der Waals surface area (Å²) in [6.45, 7) is 0. The summed E-state index contributed by atoms with van der Waals surface area (Å²) in [4.78, 5) is 10.7. The van der Waals surface area contributed by atoms with Gasteiger partial charge in [-0.3, -0.25) is 0 Å². The first-order valence-corrected chi connectivity index (χ1v) is 19.4. The predicted octanol–water partition coefficient (Wildman–Crippen LogP) is 14.5. The normalized spacial score (nSPS) is 11.3. The summed E-state index contributed by atoms with van der Waals surface area (Å²) in [5.74, 6) is 0.695. The molecule has 8 aromatic carbocycles. The van der Waals surface area contributed by atoms with Gasteiger partial charge in [0.1, 0.15) is 0 Å². The Bertz CT molecular complexity index is 2970. The number of nitrogens with zero attached hydrogens (tertiary/aromatic N) is 2. The highest BCUT2D eigenvalue weighted by Crippen LogP contribution is 2.43. The SMILES string of the molecule is c1ccc(-c2cccc(-c3cc(-c4cc(-c5ccccc5)nc(-c5ccccc5-c5ccccc5)n4)cc(-c4cccc5c4sc4ccccc45)c3)c2)cc1. The number of thiophene rings is 1. The van der Waals surface area contributed by atoms with E-state index in [0.717, 1.165) is 55.9 Å². The van der Waals surface area contributed by atoms with E-state index >= 15 is 0 Å². The first-order chi connectivity index (χ1) is 27.2. The second-order valence-electron chi connectivity index (χ2n) is 13.8. The zero-order chi connectivity index (χ0) is 36.6. The third-order valence-electron chi connectivity index (χ3n) is 10.3. The van der Waals surface area contributed by atoms with Crippen LogP contribution in [0.15, 0.2) is 206 Å². The Balaban J connectivity index is 1.22. The Morgan fingerprint density at radius 2 is 0.782 bits per heavy atom. The molecule has 2 aromatic heterocycles. The molecule has 258 valence electrons. The maximum Gasteiger partial charge on any atom is 0.161 e. The molecule has 0 N–H and O–H groups in total. The maximum absolute atomic E-state index is 5.41. The summed E-state index contributed by atoms with van der Waals surface area (Å²) in [6, 6.07) is 73.4. The summed E-state index contributed by atoms with van der Waals surface area (Å²) in [5.41, 5.74) is 14.1. The van der Waals surface area contributed by atoms with Crippen LogP contribution < -0.4 is 0 Å². The number of aromatic nitrogens is 2. The molecule has 10 aromatic rings. The van der Waals surface area contributed by atoms with Gasteiger partial charge in [0.05, 0.1) is 11.4 Å². The summed E-state index contributed by atoms with van der Waals surface area (Å²) in [5, 5.41) is 2.57. The van der Waals surface area contributed by atoms with Gasteiger partial charge < -0.3 is 0 Å². The molecule has 0 saturated carbocycles. The Labute approximate surface area is 324 Å². The molecule has 2 nitrogen and oxygen atoms in total. The van der Waals surface area contributed by atoms with Gasteiger partial charge in [0, 0.05) is 36.9 Å². The average Bonchev–Trinajstić information content (AvgIpc) is 3.66. The molecule has 0 unspecified atom stereocenters. The van der Waals surface area contributed by atoms with E-state index in [9.17, 15) is 0 Å². The van der Waals surface area contributed by atoms with Crippen molar-refractivity contribution < 1.29 is 0 Å². The van der Waals surface area contributed by atoms with Gasteiger partial charge in [-0.1, -0.05) is 170 Å². The smallest absolute Gasteiger partial charge is 0.161 e. The number of hydrogen-bond acceptors (Lipinski definition) is 3. The van der Waals surface area contributed by atoms with Crippen LogP contribution in [-0.4, -0.2) is 9.97 Å². The largest absolute Gasteiger partial charge is 0.228 e. The van der Waals surface area contributed by atoms with E-state index in [-0.39, 0.29) is 0 Å². The standard InChI is InChI=1S/C52H34N2S/c1-4-16-35(17-5-1)38-22-14-23-39(30-38)40-31-41(44-27-15-28-46-45-25-12-13-29-50(45)55-51(44)46)33-42(32-40)49-34-48(37-20-8-3-9-21-37)53-52(54-49)47-26-11-10-24-43(47)36-18-6-2-7-19-36/h1-34H. The van der Waals surface area contributed by atoms with Crippen LogP contribution in [0.3, 0.4) is 0 Å². The van der Waals surface area contributed by atoms with Crippen LogP contribution in [0.5, 0.6) is 0 Å². The van der Waals surface area contributed by atoms with Gasteiger partial charge >= 0.3 is 0 Å². The number of fused-ring (bicyclic) bond motifs is 3. The van der Waals surface area contributed by atoms with Crippen molar-refractivity contribution >= 4 is 31.5 Å². The van der Waals surface area contributed by atoms with E-state index in [1.165, 1.54) is 36.9 Å². The van der Waals surface area contributed by atoms with Crippen molar-refractivity contribution in [3.63, 3.8) is 0 Å². The van der Waals surface area contributed by atoms with E-state index in [1.54, 1.807) is 0 Å². The Morgan fingerprint density at radius 1 is 0.291 bits per heavy atom. The molecule has 10 rings (SSSR count). The minimum absolute atomic E-state index is 0.695. The molecule has 0 saturated heterocycles. The molecule has 0 aliphatic carbocycles. The number of rotatable bonds is 7. The molecule has 0 bridgehead atoms. The van der Waals surface area contributed by atoms with Crippen molar-refractivity contribution in [3.8, 4) is 78.4 Å². The van der Waals surface area contributed by atoms with Gasteiger partial charge in [0.2, 0.25) is 0 Å². The molecule has 0 atom stereocenters. The van der Waals surface area contributed by atoms with Crippen LogP contribution in [0.25, 0.3) is 98.6 Å². The molecule has 0 amide bonds. The lowest BCUT2D eigenvalue weighted by Gasteiger charge is -2.15. The van der Waals surface area contributed by atoms with E-state index < -0.39 is 0 Å². The van der Waals surface area contributed by atoms with Crippen molar-refractivity contribution in [2.75, 3.05) is 0 Å². The fourth-order valence-corrected chi connectivity index (χ4v) is 8.84. The lowest BCUT2D eigenvalue weighted by atomic mass is 9.92. The summed E-state index contributed by atoms with van der Waals surface area (Å²) in [6.07, 6.45) is 0. The van der Waals surface area contributed by atoms with Gasteiger partial charge in [-0.2, -0.15) is 0 Å². The number of benzene rings is 8. The van der Waals surface area contributed by atoms with Crippen LogP contribution in [0, 0.1) is 0 Å². The van der Waals surface area contributed by atoms with Crippen LogP contribution in [0.1, 0.15) is 0 Å². The zero-order valence-corrected chi connectivity index (χ0v) is 30.7. The Morgan fingerprint density at radius 3 is 1.55 bits per heavy atom. The second kappa shape index (κ2) is 14.1. The Hall–Kier alpha value is -6.94. The quantitative estimate of drug-likeness (QED) is 0.164. The van der Waals surface area contributed by atoms with Crippen LogP contribution in [0.4, 0.5) is 0 Å². The number of hydrogen-bond donors (Lipinski definition) is 0. The maximum atomic E-state index is 5.41. The lowest BCUT2D eigenvalue weighted by Crippen LogP contribution is -1.98.